The number of hydrogen-bond donors (Lipinski definition) is 2. The minimum Gasteiger partial charge on any atom is -0.384 e. The second kappa shape index (κ2) is 5.89. The fourth-order valence-electron chi connectivity index (χ4n) is 2.12. The Morgan fingerprint density at radius 3 is 2.68 bits per heavy atom. The van der Waals surface area contributed by atoms with Crippen molar-refractivity contribution in [3.8, 4) is 0 Å². The Morgan fingerprint density at radius 1 is 1.37 bits per heavy atom. The Balaban J connectivity index is 2.23. The van der Waals surface area contributed by atoms with Crippen molar-refractivity contribution in [1.82, 2.24) is 0 Å². The summed E-state index contributed by atoms with van der Waals surface area (Å²) in [5, 5.41) is 9.63. The van der Waals surface area contributed by atoms with Crippen LogP contribution in [-0.2, 0) is 6.54 Å². The van der Waals surface area contributed by atoms with Crippen molar-refractivity contribution in [3.63, 3.8) is 0 Å². The van der Waals surface area contributed by atoms with Crippen LogP contribution in [0, 0.1) is 12.3 Å². The van der Waals surface area contributed by atoms with E-state index in [1.54, 1.807) is 11.3 Å². The molecule has 1 heterocycles. The number of anilines is 1. The van der Waals surface area contributed by atoms with Crippen LogP contribution in [0.1, 0.15) is 22.9 Å². The highest BCUT2D eigenvalue weighted by atomic mass is 32.1. The summed E-state index contributed by atoms with van der Waals surface area (Å²) in [6.45, 7) is 6.03. The van der Waals surface area contributed by atoms with Gasteiger partial charge < -0.3 is 10.6 Å². The van der Waals surface area contributed by atoms with Crippen molar-refractivity contribution in [1.29, 1.82) is 5.41 Å². The Morgan fingerprint density at radius 2 is 2.16 bits per heavy atom. The van der Waals surface area contributed by atoms with E-state index in [9.17, 15) is 0 Å². The molecule has 19 heavy (non-hydrogen) atoms. The topological polar surface area (TPSA) is 53.1 Å². The molecule has 0 bridgehead atoms. The van der Waals surface area contributed by atoms with E-state index in [1.807, 2.05) is 19.1 Å². The monoisotopic (exact) mass is 273 g/mol. The van der Waals surface area contributed by atoms with Gasteiger partial charge >= 0.3 is 0 Å². The Hall–Kier alpha value is -1.81. The highest BCUT2D eigenvalue weighted by molar-refractivity contribution is 7.09. The van der Waals surface area contributed by atoms with Crippen molar-refractivity contribution in [2.75, 3.05) is 11.4 Å². The van der Waals surface area contributed by atoms with Crippen LogP contribution in [0.15, 0.2) is 35.7 Å². The van der Waals surface area contributed by atoms with Crippen LogP contribution in [-0.4, -0.2) is 12.4 Å². The summed E-state index contributed by atoms with van der Waals surface area (Å²) < 4.78 is 0. The molecular weight excluding hydrogens is 254 g/mol. The van der Waals surface area contributed by atoms with Crippen molar-refractivity contribution < 1.29 is 0 Å². The Labute approximate surface area is 118 Å². The zero-order valence-corrected chi connectivity index (χ0v) is 12.1. The summed E-state index contributed by atoms with van der Waals surface area (Å²) >= 11 is 1.78. The number of nitrogens with zero attached hydrogens (tertiary/aromatic N) is 1. The summed E-state index contributed by atoms with van der Waals surface area (Å²) in [7, 11) is 0. The van der Waals surface area contributed by atoms with E-state index < -0.39 is 0 Å². The van der Waals surface area contributed by atoms with E-state index in [-0.39, 0.29) is 5.84 Å². The fraction of sp³-hybridized carbons (Fsp3) is 0.267. The molecule has 3 nitrogen and oxygen atoms in total. The van der Waals surface area contributed by atoms with E-state index in [0.29, 0.717) is 0 Å². The molecule has 0 atom stereocenters. The average Bonchev–Trinajstić information content (AvgIpc) is 2.88. The van der Waals surface area contributed by atoms with Gasteiger partial charge in [-0.2, -0.15) is 0 Å². The van der Waals surface area contributed by atoms with Crippen molar-refractivity contribution in [3.05, 3.63) is 51.7 Å². The van der Waals surface area contributed by atoms with E-state index in [4.69, 9.17) is 11.1 Å². The second-order valence-corrected chi connectivity index (χ2v) is 5.54. The van der Waals surface area contributed by atoms with Gasteiger partial charge in [0.1, 0.15) is 5.84 Å². The predicted octanol–water partition coefficient (Wildman–Crippen LogP) is 3.37. The third-order valence-electron chi connectivity index (χ3n) is 3.17. The number of nitrogen functional groups attached to an aromatic ring is 1. The number of rotatable bonds is 5. The van der Waals surface area contributed by atoms with Gasteiger partial charge in [0.2, 0.25) is 0 Å². The smallest absolute Gasteiger partial charge is 0.123 e. The number of amidine groups is 1. The first-order valence-corrected chi connectivity index (χ1v) is 7.22. The van der Waals surface area contributed by atoms with Gasteiger partial charge in [-0.1, -0.05) is 6.07 Å². The maximum absolute atomic E-state index is 7.52. The first-order chi connectivity index (χ1) is 9.11. The molecule has 4 heteroatoms. The SMILES string of the molecule is CCN(Cc1cccs1)c1ccc(C(=N)N)c(C)c1. The molecule has 0 aliphatic rings. The van der Waals surface area contributed by atoms with Crippen molar-refractivity contribution in [2.24, 2.45) is 5.73 Å². The van der Waals surface area contributed by atoms with E-state index >= 15 is 0 Å². The molecule has 0 fully saturated rings. The van der Waals surface area contributed by atoms with Crippen LogP contribution in [0.25, 0.3) is 0 Å². The molecule has 0 unspecified atom stereocenters. The molecule has 1 aromatic heterocycles. The van der Waals surface area contributed by atoms with Gasteiger partial charge in [-0.15, -0.1) is 11.3 Å². The van der Waals surface area contributed by atoms with Crippen molar-refractivity contribution in [2.45, 2.75) is 20.4 Å². The summed E-state index contributed by atoms with van der Waals surface area (Å²) in [4.78, 5) is 3.68. The third kappa shape index (κ3) is 3.15. The highest BCUT2D eigenvalue weighted by Gasteiger charge is 2.09. The van der Waals surface area contributed by atoms with E-state index in [1.165, 1.54) is 10.6 Å². The molecule has 0 aliphatic heterocycles. The third-order valence-corrected chi connectivity index (χ3v) is 4.03. The van der Waals surface area contributed by atoms with Crippen LogP contribution in [0.3, 0.4) is 0 Å². The molecular formula is C15H19N3S. The summed E-state index contributed by atoms with van der Waals surface area (Å²) in [6.07, 6.45) is 0. The lowest BCUT2D eigenvalue weighted by atomic mass is 10.1. The summed E-state index contributed by atoms with van der Waals surface area (Å²) in [5.41, 5.74) is 8.60. The van der Waals surface area contributed by atoms with Gasteiger partial charge in [-0.3, -0.25) is 5.41 Å². The molecule has 1 aromatic carbocycles. The van der Waals surface area contributed by atoms with E-state index in [2.05, 4.69) is 35.4 Å². The second-order valence-electron chi connectivity index (χ2n) is 4.51. The van der Waals surface area contributed by atoms with Gasteiger partial charge in [0.25, 0.3) is 0 Å². The van der Waals surface area contributed by atoms with E-state index in [0.717, 1.165) is 24.2 Å². The number of thiophene rings is 1. The molecule has 0 radical (unpaired) electrons. The molecule has 0 amide bonds. The van der Waals surface area contributed by atoms with Crippen LogP contribution in [0.2, 0.25) is 0 Å². The lowest BCUT2D eigenvalue weighted by Gasteiger charge is -2.23. The molecule has 2 rings (SSSR count). The number of benzene rings is 1. The standard InChI is InChI=1S/C15H19N3S/c1-3-18(10-13-5-4-8-19-13)12-6-7-14(15(16)17)11(2)9-12/h4-9H,3,10H2,1-2H3,(H3,16,17). The Kier molecular flexibility index (Phi) is 4.22. The minimum absolute atomic E-state index is 0.130. The number of hydrogen-bond acceptors (Lipinski definition) is 3. The fourth-order valence-corrected chi connectivity index (χ4v) is 2.84. The van der Waals surface area contributed by atoms with Gasteiger partial charge in [-0.25, -0.2) is 0 Å². The normalized spacial score (nSPS) is 10.4. The lowest BCUT2D eigenvalue weighted by Crippen LogP contribution is -2.22. The summed E-state index contributed by atoms with van der Waals surface area (Å²) in [5.74, 6) is 0.130. The van der Waals surface area contributed by atoms with Crippen molar-refractivity contribution >= 4 is 22.9 Å². The molecule has 0 saturated carbocycles. The molecule has 0 spiro atoms. The maximum Gasteiger partial charge on any atom is 0.123 e. The molecule has 0 saturated heterocycles. The van der Waals surface area contributed by atoms with Crippen LogP contribution in [0.4, 0.5) is 5.69 Å². The predicted molar refractivity (Wildman–Crippen MR) is 83.2 cm³/mol. The molecule has 2 aromatic rings. The molecule has 100 valence electrons. The number of aryl methyl sites for hydroxylation is 1. The number of nitrogens with two attached hydrogens (primary N) is 1. The first-order valence-electron chi connectivity index (χ1n) is 6.34. The van der Waals surface area contributed by atoms with Gasteiger partial charge in [0, 0.05) is 22.7 Å². The lowest BCUT2D eigenvalue weighted by molar-refractivity contribution is 0.842. The Bertz CT molecular complexity index is 561. The quantitative estimate of drug-likeness (QED) is 0.648. The largest absolute Gasteiger partial charge is 0.384 e. The average molecular weight is 273 g/mol. The van der Waals surface area contributed by atoms with Crippen LogP contribution in [0.5, 0.6) is 0 Å². The van der Waals surface area contributed by atoms with Crippen LogP contribution >= 0.6 is 11.3 Å². The van der Waals surface area contributed by atoms with Gasteiger partial charge in [0.05, 0.1) is 6.54 Å². The zero-order chi connectivity index (χ0) is 13.8. The van der Waals surface area contributed by atoms with Gasteiger partial charge in [0.15, 0.2) is 0 Å². The highest BCUT2D eigenvalue weighted by Crippen LogP contribution is 2.22. The summed E-state index contributed by atoms with van der Waals surface area (Å²) in [6, 6.07) is 10.3. The number of nitrogens with one attached hydrogen (secondary N) is 1. The van der Waals surface area contributed by atoms with Crippen LogP contribution < -0.4 is 10.6 Å². The maximum atomic E-state index is 7.52. The minimum atomic E-state index is 0.130. The molecule has 0 aliphatic carbocycles. The first kappa shape index (κ1) is 13.6. The van der Waals surface area contributed by atoms with Gasteiger partial charge in [-0.05, 0) is 49.1 Å². The molecule has 3 N–H and O–H groups in total. The zero-order valence-electron chi connectivity index (χ0n) is 11.3.